The molecule has 2 heteroatoms. The SMILES string of the molecule is CC(C)C=NNC(C)C. The molecule has 0 unspecified atom stereocenters. The molecular weight excluding hydrogens is 112 g/mol. The van der Waals surface area contributed by atoms with Gasteiger partial charge in [-0.05, 0) is 19.8 Å². The minimum atomic E-state index is 0.444. The third kappa shape index (κ3) is 7.47. The van der Waals surface area contributed by atoms with Gasteiger partial charge in [-0.3, -0.25) is 0 Å². The molecule has 0 aromatic carbocycles. The highest BCUT2D eigenvalue weighted by Crippen LogP contribution is 1.83. The molecule has 0 fully saturated rings. The number of hydrogen-bond acceptors (Lipinski definition) is 2. The maximum absolute atomic E-state index is 4.00. The lowest BCUT2D eigenvalue weighted by Crippen LogP contribution is -2.16. The van der Waals surface area contributed by atoms with Crippen LogP contribution >= 0.6 is 0 Å². The van der Waals surface area contributed by atoms with Gasteiger partial charge < -0.3 is 5.43 Å². The van der Waals surface area contributed by atoms with Gasteiger partial charge in [0.05, 0.1) is 0 Å². The summed E-state index contributed by atoms with van der Waals surface area (Å²) in [5, 5.41) is 4.00. The van der Waals surface area contributed by atoms with Crippen LogP contribution in [0, 0.1) is 5.92 Å². The molecule has 0 aliphatic heterocycles. The van der Waals surface area contributed by atoms with E-state index in [2.05, 4.69) is 38.2 Å². The van der Waals surface area contributed by atoms with Crippen molar-refractivity contribution in [3.63, 3.8) is 0 Å². The van der Waals surface area contributed by atoms with Crippen molar-refractivity contribution in [2.75, 3.05) is 0 Å². The molecule has 0 amide bonds. The van der Waals surface area contributed by atoms with Crippen molar-refractivity contribution in [1.29, 1.82) is 0 Å². The Labute approximate surface area is 57.3 Å². The van der Waals surface area contributed by atoms with Crippen LogP contribution in [0.5, 0.6) is 0 Å². The van der Waals surface area contributed by atoms with Crippen molar-refractivity contribution < 1.29 is 0 Å². The molecule has 0 aliphatic carbocycles. The topological polar surface area (TPSA) is 24.4 Å². The molecule has 0 heterocycles. The first-order chi connectivity index (χ1) is 4.13. The first-order valence-corrected chi connectivity index (χ1v) is 3.41. The number of nitrogens with one attached hydrogen (secondary N) is 1. The number of rotatable bonds is 3. The van der Waals surface area contributed by atoms with Gasteiger partial charge in [-0.2, -0.15) is 5.10 Å². The van der Waals surface area contributed by atoms with Crippen molar-refractivity contribution >= 4 is 6.21 Å². The Balaban J connectivity index is 3.25. The Morgan fingerprint density at radius 1 is 1.22 bits per heavy atom. The summed E-state index contributed by atoms with van der Waals surface area (Å²) < 4.78 is 0. The summed E-state index contributed by atoms with van der Waals surface area (Å²) in [7, 11) is 0. The molecular formula is C7H16N2. The molecule has 54 valence electrons. The van der Waals surface area contributed by atoms with Crippen LogP contribution in [0.15, 0.2) is 5.10 Å². The van der Waals surface area contributed by atoms with E-state index in [0.29, 0.717) is 12.0 Å². The first kappa shape index (κ1) is 8.47. The molecule has 0 spiro atoms. The van der Waals surface area contributed by atoms with Crippen LogP contribution < -0.4 is 5.43 Å². The van der Waals surface area contributed by atoms with E-state index in [9.17, 15) is 0 Å². The van der Waals surface area contributed by atoms with E-state index >= 15 is 0 Å². The Morgan fingerprint density at radius 3 is 2.11 bits per heavy atom. The average Bonchev–Trinajstić information content (AvgIpc) is 1.63. The van der Waals surface area contributed by atoms with Crippen LogP contribution in [0.1, 0.15) is 27.7 Å². The molecule has 0 saturated carbocycles. The normalized spacial score (nSPS) is 11.8. The molecule has 1 N–H and O–H groups in total. The molecule has 0 aromatic heterocycles. The third-order valence-electron chi connectivity index (χ3n) is 0.705. The summed E-state index contributed by atoms with van der Waals surface area (Å²) >= 11 is 0. The number of hydrazone groups is 1. The minimum Gasteiger partial charge on any atom is -0.308 e. The Kier molecular flexibility index (Phi) is 4.10. The van der Waals surface area contributed by atoms with Gasteiger partial charge in [-0.25, -0.2) is 0 Å². The highest BCUT2D eigenvalue weighted by molar-refractivity contribution is 5.59. The van der Waals surface area contributed by atoms with Crippen molar-refractivity contribution in [1.82, 2.24) is 5.43 Å². The van der Waals surface area contributed by atoms with Crippen LogP contribution in [-0.2, 0) is 0 Å². The van der Waals surface area contributed by atoms with Crippen LogP contribution in [0.2, 0.25) is 0 Å². The zero-order valence-corrected chi connectivity index (χ0v) is 6.68. The Hall–Kier alpha value is -0.530. The maximum atomic E-state index is 4.00. The largest absolute Gasteiger partial charge is 0.308 e. The lowest BCUT2D eigenvalue weighted by Gasteiger charge is -2.02. The fourth-order valence-corrected chi connectivity index (χ4v) is 0.341. The third-order valence-corrected chi connectivity index (χ3v) is 0.705. The van der Waals surface area contributed by atoms with E-state index in [1.54, 1.807) is 0 Å². The average molecular weight is 128 g/mol. The van der Waals surface area contributed by atoms with Gasteiger partial charge in [-0.1, -0.05) is 13.8 Å². The Bertz CT molecular complexity index is 84.9. The number of hydrogen-bond donors (Lipinski definition) is 1. The molecule has 0 atom stereocenters. The molecule has 0 saturated heterocycles. The molecule has 0 rings (SSSR count). The maximum Gasteiger partial charge on any atom is 0.0383 e. The first-order valence-electron chi connectivity index (χ1n) is 3.41. The van der Waals surface area contributed by atoms with E-state index in [-0.39, 0.29) is 0 Å². The molecule has 0 bridgehead atoms. The van der Waals surface area contributed by atoms with Crippen molar-refractivity contribution in [2.45, 2.75) is 33.7 Å². The van der Waals surface area contributed by atoms with E-state index in [0.717, 1.165) is 0 Å². The summed E-state index contributed by atoms with van der Waals surface area (Å²) in [6, 6.07) is 0.444. The molecule has 0 aliphatic rings. The Morgan fingerprint density at radius 2 is 1.78 bits per heavy atom. The standard InChI is InChI=1S/C7H16N2/c1-6(2)5-8-9-7(3)4/h5-7,9H,1-4H3. The second-order valence-electron chi connectivity index (χ2n) is 2.81. The van der Waals surface area contributed by atoms with E-state index < -0.39 is 0 Å². The smallest absolute Gasteiger partial charge is 0.0383 e. The van der Waals surface area contributed by atoms with Gasteiger partial charge in [-0.15, -0.1) is 0 Å². The van der Waals surface area contributed by atoms with Gasteiger partial charge in [0.1, 0.15) is 0 Å². The zero-order valence-electron chi connectivity index (χ0n) is 6.68. The predicted octanol–water partition coefficient (Wildman–Crippen LogP) is 1.63. The van der Waals surface area contributed by atoms with E-state index in [1.165, 1.54) is 0 Å². The van der Waals surface area contributed by atoms with E-state index in [1.807, 2.05) is 6.21 Å². The lowest BCUT2D eigenvalue weighted by molar-refractivity contribution is 0.618. The van der Waals surface area contributed by atoms with Crippen LogP contribution in [-0.4, -0.2) is 12.3 Å². The van der Waals surface area contributed by atoms with Crippen molar-refractivity contribution in [3.8, 4) is 0 Å². The highest BCUT2D eigenvalue weighted by Gasteiger charge is 1.86. The lowest BCUT2D eigenvalue weighted by atomic mass is 10.3. The van der Waals surface area contributed by atoms with E-state index in [4.69, 9.17) is 0 Å². The zero-order chi connectivity index (χ0) is 7.28. The molecule has 0 aromatic rings. The van der Waals surface area contributed by atoms with Crippen molar-refractivity contribution in [2.24, 2.45) is 11.0 Å². The second kappa shape index (κ2) is 4.36. The van der Waals surface area contributed by atoms with Crippen LogP contribution in [0.4, 0.5) is 0 Å². The van der Waals surface area contributed by atoms with Gasteiger partial charge in [0.2, 0.25) is 0 Å². The van der Waals surface area contributed by atoms with Gasteiger partial charge in [0, 0.05) is 12.3 Å². The van der Waals surface area contributed by atoms with Gasteiger partial charge in [0.25, 0.3) is 0 Å². The quantitative estimate of drug-likeness (QED) is 0.453. The van der Waals surface area contributed by atoms with Crippen LogP contribution in [0.25, 0.3) is 0 Å². The summed E-state index contributed by atoms with van der Waals surface area (Å²) in [4.78, 5) is 0. The molecule has 2 nitrogen and oxygen atoms in total. The minimum absolute atomic E-state index is 0.444. The monoisotopic (exact) mass is 128 g/mol. The fourth-order valence-electron chi connectivity index (χ4n) is 0.341. The number of nitrogens with zero attached hydrogens (tertiary/aromatic N) is 1. The highest BCUT2D eigenvalue weighted by atomic mass is 15.3. The second-order valence-corrected chi connectivity index (χ2v) is 2.81. The summed E-state index contributed by atoms with van der Waals surface area (Å²) in [5.74, 6) is 0.538. The predicted molar refractivity (Wildman–Crippen MR) is 41.6 cm³/mol. The summed E-state index contributed by atoms with van der Waals surface area (Å²) in [6.45, 7) is 8.34. The summed E-state index contributed by atoms with van der Waals surface area (Å²) in [5.41, 5.74) is 2.95. The van der Waals surface area contributed by atoms with Gasteiger partial charge in [0.15, 0.2) is 0 Å². The van der Waals surface area contributed by atoms with Crippen LogP contribution in [0.3, 0.4) is 0 Å². The van der Waals surface area contributed by atoms with Gasteiger partial charge >= 0.3 is 0 Å². The fraction of sp³-hybridized carbons (Fsp3) is 0.857. The van der Waals surface area contributed by atoms with Crippen molar-refractivity contribution in [3.05, 3.63) is 0 Å². The molecule has 0 radical (unpaired) electrons. The summed E-state index contributed by atoms with van der Waals surface area (Å²) in [6.07, 6.45) is 1.90. The molecule has 9 heavy (non-hydrogen) atoms.